The van der Waals surface area contributed by atoms with Crippen LogP contribution in [0.1, 0.15) is 32.3 Å². The molecule has 0 unspecified atom stereocenters. The molecule has 2 amide bonds. The van der Waals surface area contributed by atoms with Gasteiger partial charge in [-0.2, -0.15) is 0 Å². The summed E-state index contributed by atoms with van der Waals surface area (Å²) in [6.45, 7) is 4.48. The van der Waals surface area contributed by atoms with Gasteiger partial charge in [0.15, 0.2) is 0 Å². The van der Waals surface area contributed by atoms with E-state index < -0.39 is 11.6 Å². The van der Waals surface area contributed by atoms with Crippen LogP contribution in [-0.2, 0) is 16.1 Å². The van der Waals surface area contributed by atoms with Crippen LogP contribution in [-0.4, -0.2) is 46.7 Å². The van der Waals surface area contributed by atoms with Gasteiger partial charge in [0.25, 0.3) is 0 Å². The smallest absolute Gasteiger partial charge is 0.408 e. The molecule has 1 heterocycles. The lowest BCUT2D eigenvalue weighted by Gasteiger charge is -2.35. The molecular weight excluding hydrogens is 296 g/mol. The fraction of sp³-hybridized carbons (Fsp3) is 0.529. The maximum atomic E-state index is 12.5. The molecule has 126 valence electrons. The minimum absolute atomic E-state index is 0.160. The Labute approximate surface area is 136 Å². The van der Waals surface area contributed by atoms with E-state index in [1.165, 1.54) is 0 Å². The van der Waals surface area contributed by atoms with E-state index in [0.717, 1.165) is 5.56 Å². The lowest BCUT2D eigenvalue weighted by atomic mass is 10.0. The van der Waals surface area contributed by atoms with Crippen molar-refractivity contribution in [3.8, 4) is 0 Å². The Balaban J connectivity index is 1.84. The van der Waals surface area contributed by atoms with E-state index >= 15 is 0 Å². The second kappa shape index (κ2) is 7.46. The highest BCUT2D eigenvalue weighted by Crippen LogP contribution is 2.15. The van der Waals surface area contributed by atoms with E-state index in [1.54, 1.807) is 18.7 Å². The van der Waals surface area contributed by atoms with Crippen LogP contribution >= 0.6 is 0 Å². The Morgan fingerprint density at radius 3 is 2.48 bits per heavy atom. The van der Waals surface area contributed by atoms with E-state index in [4.69, 9.17) is 4.74 Å². The van der Waals surface area contributed by atoms with Gasteiger partial charge in [-0.3, -0.25) is 4.79 Å². The van der Waals surface area contributed by atoms with Crippen LogP contribution in [0.5, 0.6) is 0 Å². The summed E-state index contributed by atoms with van der Waals surface area (Å²) in [7, 11) is 0. The minimum Gasteiger partial charge on any atom is -0.445 e. The Kier molecular flexibility index (Phi) is 5.60. The Morgan fingerprint density at radius 2 is 1.87 bits per heavy atom. The number of likely N-dealkylation sites (tertiary alicyclic amines) is 1. The highest BCUT2D eigenvalue weighted by Gasteiger charge is 2.35. The quantitative estimate of drug-likeness (QED) is 0.884. The van der Waals surface area contributed by atoms with Crippen LogP contribution < -0.4 is 5.32 Å². The number of carbonyl (C=O) groups excluding carboxylic acids is 2. The van der Waals surface area contributed by atoms with Gasteiger partial charge in [0, 0.05) is 13.1 Å². The molecular formula is C17H24N2O4. The van der Waals surface area contributed by atoms with Crippen molar-refractivity contribution in [1.82, 2.24) is 10.2 Å². The molecule has 23 heavy (non-hydrogen) atoms. The molecule has 0 radical (unpaired) electrons. The topological polar surface area (TPSA) is 78.9 Å². The average molecular weight is 320 g/mol. The number of alkyl carbamates (subject to hydrolysis) is 1. The van der Waals surface area contributed by atoms with Gasteiger partial charge in [0.1, 0.15) is 12.1 Å². The highest BCUT2D eigenvalue weighted by atomic mass is 16.5. The molecule has 0 bridgehead atoms. The number of rotatable bonds is 4. The van der Waals surface area contributed by atoms with Crippen molar-refractivity contribution in [2.75, 3.05) is 13.1 Å². The van der Waals surface area contributed by atoms with Gasteiger partial charge < -0.3 is 20.1 Å². The highest BCUT2D eigenvalue weighted by molar-refractivity contribution is 5.89. The molecule has 0 atom stereocenters. The zero-order chi connectivity index (χ0) is 16.9. The van der Waals surface area contributed by atoms with E-state index in [1.807, 2.05) is 30.3 Å². The number of ether oxygens (including phenoxy) is 1. The van der Waals surface area contributed by atoms with Crippen molar-refractivity contribution in [3.63, 3.8) is 0 Å². The second-order valence-electron chi connectivity index (χ2n) is 6.34. The first-order valence-electron chi connectivity index (χ1n) is 7.85. The number of hydrogen-bond donors (Lipinski definition) is 2. The first kappa shape index (κ1) is 17.3. The number of hydrogen-bond acceptors (Lipinski definition) is 4. The second-order valence-corrected chi connectivity index (χ2v) is 6.34. The summed E-state index contributed by atoms with van der Waals surface area (Å²) in [6, 6.07) is 9.36. The van der Waals surface area contributed by atoms with Gasteiger partial charge in [0.05, 0.1) is 6.10 Å². The lowest BCUT2D eigenvalue weighted by Crippen LogP contribution is -2.57. The van der Waals surface area contributed by atoms with Crippen molar-refractivity contribution < 1.29 is 19.4 Å². The maximum absolute atomic E-state index is 12.5. The molecule has 1 fully saturated rings. The summed E-state index contributed by atoms with van der Waals surface area (Å²) < 4.78 is 5.16. The third-order valence-corrected chi connectivity index (χ3v) is 3.91. The van der Waals surface area contributed by atoms with Crippen LogP contribution in [0, 0.1) is 0 Å². The Hall–Kier alpha value is -2.08. The van der Waals surface area contributed by atoms with Gasteiger partial charge in [-0.15, -0.1) is 0 Å². The zero-order valence-electron chi connectivity index (χ0n) is 13.6. The Morgan fingerprint density at radius 1 is 1.26 bits per heavy atom. The number of aliphatic hydroxyl groups excluding tert-OH is 1. The molecule has 2 rings (SSSR count). The normalized spacial score (nSPS) is 16.0. The van der Waals surface area contributed by atoms with E-state index in [0.29, 0.717) is 25.9 Å². The molecule has 0 saturated carbocycles. The van der Waals surface area contributed by atoms with Crippen molar-refractivity contribution in [3.05, 3.63) is 35.9 Å². The summed E-state index contributed by atoms with van der Waals surface area (Å²) in [5, 5.41) is 12.1. The Bertz CT molecular complexity index is 537. The summed E-state index contributed by atoms with van der Waals surface area (Å²) in [4.78, 5) is 26.1. The number of benzene rings is 1. The molecule has 6 heteroatoms. The monoisotopic (exact) mass is 320 g/mol. The third kappa shape index (κ3) is 4.96. The fourth-order valence-electron chi connectivity index (χ4n) is 2.53. The van der Waals surface area contributed by atoms with Crippen LogP contribution in [0.4, 0.5) is 4.79 Å². The molecule has 0 spiro atoms. The zero-order valence-corrected chi connectivity index (χ0v) is 13.6. The summed E-state index contributed by atoms with van der Waals surface area (Å²) in [6.07, 6.45) is 0.177. The summed E-state index contributed by atoms with van der Waals surface area (Å²) >= 11 is 0. The molecule has 1 aliphatic heterocycles. The molecule has 2 N–H and O–H groups in total. The van der Waals surface area contributed by atoms with Crippen molar-refractivity contribution >= 4 is 12.0 Å². The van der Waals surface area contributed by atoms with Gasteiger partial charge in [-0.05, 0) is 32.3 Å². The molecule has 1 aromatic rings. The number of piperidine rings is 1. The number of carbonyl (C=O) groups is 2. The standard InChI is InChI=1S/C17H24N2O4/c1-17(2,15(21)19-10-8-14(20)9-11-19)18-16(22)23-12-13-6-4-3-5-7-13/h3-7,14,20H,8-12H2,1-2H3,(H,18,22). The molecule has 1 aliphatic rings. The number of aliphatic hydroxyl groups is 1. The first-order chi connectivity index (χ1) is 10.9. The minimum atomic E-state index is -1.05. The molecule has 1 aromatic carbocycles. The van der Waals surface area contributed by atoms with E-state index in [-0.39, 0.29) is 18.6 Å². The molecule has 1 saturated heterocycles. The molecule has 0 aliphatic carbocycles. The van der Waals surface area contributed by atoms with Gasteiger partial charge in [-0.25, -0.2) is 4.79 Å². The predicted molar refractivity (Wildman–Crippen MR) is 85.7 cm³/mol. The third-order valence-electron chi connectivity index (χ3n) is 3.91. The SMILES string of the molecule is CC(C)(NC(=O)OCc1ccccc1)C(=O)N1CCC(O)CC1. The van der Waals surface area contributed by atoms with E-state index in [9.17, 15) is 14.7 Å². The molecule has 0 aromatic heterocycles. The first-order valence-corrected chi connectivity index (χ1v) is 7.85. The van der Waals surface area contributed by atoms with E-state index in [2.05, 4.69) is 5.32 Å². The van der Waals surface area contributed by atoms with Gasteiger partial charge >= 0.3 is 6.09 Å². The number of nitrogens with one attached hydrogen (secondary N) is 1. The largest absolute Gasteiger partial charge is 0.445 e. The van der Waals surface area contributed by atoms with Crippen molar-refractivity contribution in [2.45, 2.75) is 44.9 Å². The molecule has 6 nitrogen and oxygen atoms in total. The van der Waals surface area contributed by atoms with Crippen LogP contribution in [0.2, 0.25) is 0 Å². The van der Waals surface area contributed by atoms with Crippen LogP contribution in [0.3, 0.4) is 0 Å². The fourth-order valence-corrected chi connectivity index (χ4v) is 2.53. The van der Waals surface area contributed by atoms with Crippen LogP contribution in [0.15, 0.2) is 30.3 Å². The number of amides is 2. The van der Waals surface area contributed by atoms with Gasteiger partial charge in [-0.1, -0.05) is 30.3 Å². The predicted octanol–water partition coefficient (Wildman–Crippen LogP) is 1.67. The van der Waals surface area contributed by atoms with Crippen molar-refractivity contribution in [2.24, 2.45) is 0 Å². The summed E-state index contributed by atoms with van der Waals surface area (Å²) in [5.74, 6) is -0.166. The van der Waals surface area contributed by atoms with Crippen molar-refractivity contribution in [1.29, 1.82) is 0 Å². The lowest BCUT2D eigenvalue weighted by molar-refractivity contribution is -0.139. The number of nitrogens with zero attached hydrogens (tertiary/aromatic N) is 1. The summed E-state index contributed by atoms with van der Waals surface area (Å²) in [5.41, 5.74) is -0.160. The van der Waals surface area contributed by atoms with Crippen LogP contribution in [0.25, 0.3) is 0 Å². The maximum Gasteiger partial charge on any atom is 0.408 e. The average Bonchev–Trinajstić information content (AvgIpc) is 2.53. The van der Waals surface area contributed by atoms with Gasteiger partial charge in [0.2, 0.25) is 5.91 Å².